The molecule has 25 heavy (non-hydrogen) atoms. The Morgan fingerprint density at radius 1 is 1.28 bits per heavy atom. The average molecular weight is 345 g/mol. The van der Waals surface area contributed by atoms with Gasteiger partial charge in [0, 0.05) is 58.1 Å². The number of amides is 1. The van der Waals surface area contributed by atoms with Gasteiger partial charge in [-0.05, 0) is 37.0 Å². The first-order valence-electron chi connectivity index (χ1n) is 9.37. The van der Waals surface area contributed by atoms with Crippen LogP contribution in [0.15, 0.2) is 24.5 Å². The van der Waals surface area contributed by atoms with Gasteiger partial charge in [0.1, 0.15) is 6.61 Å². The lowest BCUT2D eigenvalue weighted by atomic mass is 9.84. The minimum atomic E-state index is -0.0767. The minimum absolute atomic E-state index is 0.0767. The highest BCUT2D eigenvalue weighted by molar-refractivity contribution is 5.77. The summed E-state index contributed by atoms with van der Waals surface area (Å²) in [6.45, 7) is 5.55. The summed E-state index contributed by atoms with van der Waals surface area (Å²) in [6.07, 6.45) is 7.85. The smallest absolute Gasteiger partial charge is 0.248 e. The molecule has 1 aromatic heterocycles. The van der Waals surface area contributed by atoms with E-state index in [2.05, 4.69) is 22.0 Å². The van der Waals surface area contributed by atoms with Gasteiger partial charge in [0.2, 0.25) is 5.91 Å². The molecule has 3 saturated heterocycles. The summed E-state index contributed by atoms with van der Waals surface area (Å²) in [5, 5.41) is 0. The van der Waals surface area contributed by atoms with Crippen LogP contribution in [0.2, 0.25) is 0 Å². The number of likely N-dealkylation sites (tertiary alicyclic amines) is 2. The zero-order chi connectivity index (χ0) is 17.1. The lowest BCUT2D eigenvalue weighted by Gasteiger charge is -2.53. The van der Waals surface area contributed by atoms with Crippen LogP contribution in [-0.4, -0.2) is 71.8 Å². The van der Waals surface area contributed by atoms with Gasteiger partial charge in [-0.2, -0.15) is 0 Å². The molecular weight excluding hydrogens is 318 g/mol. The number of pyridine rings is 1. The van der Waals surface area contributed by atoms with E-state index in [0.29, 0.717) is 0 Å². The van der Waals surface area contributed by atoms with Crippen molar-refractivity contribution in [3.63, 3.8) is 0 Å². The van der Waals surface area contributed by atoms with Crippen LogP contribution in [0.4, 0.5) is 0 Å². The third-order valence-corrected chi connectivity index (χ3v) is 5.53. The van der Waals surface area contributed by atoms with Gasteiger partial charge in [0.05, 0.1) is 11.7 Å². The van der Waals surface area contributed by atoms with Gasteiger partial charge in [-0.1, -0.05) is 0 Å². The summed E-state index contributed by atoms with van der Waals surface area (Å²) in [4.78, 5) is 20.5. The van der Waals surface area contributed by atoms with E-state index in [4.69, 9.17) is 9.47 Å². The number of hydrogen-bond donors (Lipinski definition) is 0. The molecule has 6 nitrogen and oxygen atoms in total. The molecule has 1 amide bonds. The number of nitrogens with zero attached hydrogens (tertiary/aromatic N) is 3. The summed E-state index contributed by atoms with van der Waals surface area (Å²) in [7, 11) is 0. The molecule has 0 radical (unpaired) electrons. The van der Waals surface area contributed by atoms with Crippen molar-refractivity contribution >= 4 is 5.91 Å². The lowest BCUT2D eigenvalue weighted by Crippen LogP contribution is -2.65. The van der Waals surface area contributed by atoms with Crippen molar-refractivity contribution in [1.82, 2.24) is 14.8 Å². The maximum absolute atomic E-state index is 12.1. The van der Waals surface area contributed by atoms with E-state index in [9.17, 15) is 4.79 Å². The molecule has 6 heteroatoms. The van der Waals surface area contributed by atoms with Gasteiger partial charge >= 0.3 is 0 Å². The highest BCUT2D eigenvalue weighted by atomic mass is 16.5. The van der Waals surface area contributed by atoms with Gasteiger partial charge in [0.25, 0.3) is 0 Å². The zero-order valence-electron chi connectivity index (χ0n) is 14.7. The van der Waals surface area contributed by atoms with Crippen molar-refractivity contribution in [3.05, 3.63) is 30.1 Å². The van der Waals surface area contributed by atoms with Crippen molar-refractivity contribution in [1.29, 1.82) is 0 Å². The molecular formula is C19H27N3O3. The maximum atomic E-state index is 12.1. The first-order chi connectivity index (χ1) is 12.2. The van der Waals surface area contributed by atoms with Gasteiger partial charge in [-0.25, -0.2) is 0 Å². The van der Waals surface area contributed by atoms with Gasteiger partial charge in [-0.15, -0.1) is 0 Å². The van der Waals surface area contributed by atoms with Gasteiger partial charge in [0.15, 0.2) is 0 Å². The number of carbonyl (C=O) groups is 1. The molecule has 4 heterocycles. The van der Waals surface area contributed by atoms with Crippen LogP contribution < -0.4 is 0 Å². The molecule has 0 saturated carbocycles. The molecule has 4 rings (SSSR count). The van der Waals surface area contributed by atoms with E-state index in [1.807, 2.05) is 17.3 Å². The number of ether oxygens (including phenoxy) is 2. The predicted octanol–water partition coefficient (Wildman–Crippen LogP) is 1.45. The molecule has 3 aliphatic heterocycles. The Balaban J connectivity index is 1.22. The second-order valence-corrected chi connectivity index (χ2v) is 7.55. The molecule has 3 fully saturated rings. The molecule has 3 aliphatic rings. The Morgan fingerprint density at radius 3 is 2.80 bits per heavy atom. The standard InChI is InChI=1S/C19H27N3O3/c23-18(22-8-1-2-9-22)13-24-17-5-10-25-19(11-17)14-21(15-19)12-16-3-6-20-7-4-16/h3-4,6-7,17H,1-2,5,8-15H2. The van der Waals surface area contributed by atoms with Crippen LogP contribution in [0.3, 0.4) is 0 Å². The molecule has 1 aromatic rings. The summed E-state index contributed by atoms with van der Waals surface area (Å²) < 4.78 is 12.0. The van der Waals surface area contributed by atoms with E-state index in [1.54, 1.807) is 0 Å². The largest absolute Gasteiger partial charge is 0.372 e. The molecule has 0 aromatic carbocycles. The number of hydrogen-bond acceptors (Lipinski definition) is 5. The third kappa shape index (κ3) is 4.02. The fraction of sp³-hybridized carbons (Fsp3) is 0.684. The number of rotatable bonds is 5. The van der Waals surface area contributed by atoms with Crippen LogP contribution in [0.5, 0.6) is 0 Å². The first kappa shape index (κ1) is 16.9. The minimum Gasteiger partial charge on any atom is -0.372 e. The van der Waals surface area contributed by atoms with Gasteiger partial charge in [-0.3, -0.25) is 14.7 Å². The van der Waals surface area contributed by atoms with Crippen LogP contribution in [-0.2, 0) is 20.8 Å². The maximum Gasteiger partial charge on any atom is 0.248 e. The molecule has 1 unspecified atom stereocenters. The monoisotopic (exact) mass is 345 g/mol. The van der Waals surface area contributed by atoms with E-state index >= 15 is 0 Å². The molecule has 1 atom stereocenters. The summed E-state index contributed by atoms with van der Waals surface area (Å²) in [6, 6.07) is 4.12. The van der Waals surface area contributed by atoms with E-state index in [1.165, 1.54) is 5.56 Å². The first-order valence-corrected chi connectivity index (χ1v) is 9.37. The van der Waals surface area contributed by atoms with Crippen LogP contribution >= 0.6 is 0 Å². The number of carbonyl (C=O) groups excluding carboxylic acids is 1. The second kappa shape index (κ2) is 7.40. The highest BCUT2D eigenvalue weighted by Crippen LogP contribution is 2.36. The van der Waals surface area contributed by atoms with Crippen molar-refractivity contribution in [2.75, 3.05) is 39.4 Å². The summed E-state index contributed by atoms with van der Waals surface area (Å²) in [5.41, 5.74) is 1.21. The fourth-order valence-electron chi connectivity index (χ4n) is 4.22. The SMILES string of the molecule is O=C(COC1CCOC2(C1)CN(Cc1ccncc1)C2)N1CCCC1. The molecule has 0 N–H and O–H groups in total. The van der Waals surface area contributed by atoms with E-state index in [0.717, 1.165) is 65.0 Å². The Bertz CT molecular complexity index is 583. The lowest BCUT2D eigenvalue weighted by molar-refractivity contribution is -0.200. The van der Waals surface area contributed by atoms with Crippen LogP contribution in [0.25, 0.3) is 0 Å². The van der Waals surface area contributed by atoms with E-state index < -0.39 is 0 Å². The van der Waals surface area contributed by atoms with Crippen LogP contribution in [0, 0.1) is 0 Å². The van der Waals surface area contributed by atoms with Crippen molar-refractivity contribution in [2.45, 2.75) is 43.9 Å². The normalized spacial score (nSPS) is 25.9. The third-order valence-electron chi connectivity index (χ3n) is 5.53. The Hall–Kier alpha value is -1.50. The molecule has 136 valence electrons. The second-order valence-electron chi connectivity index (χ2n) is 7.55. The highest BCUT2D eigenvalue weighted by Gasteiger charge is 2.47. The zero-order valence-corrected chi connectivity index (χ0v) is 14.7. The van der Waals surface area contributed by atoms with Crippen molar-refractivity contribution in [3.8, 4) is 0 Å². The summed E-state index contributed by atoms with van der Waals surface area (Å²) >= 11 is 0. The van der Waals surface area contributed by atoms with Crippen LogP contribution in [0.1, 0.15) is 31.2 Å². The predicted molar refractivity (Wildman–Crippen MR) is 93.0 cm³/mol. The fourth-order valence-corrected chi connectivity index (χ4v) is 4.22. The Kier molecular flexibility index (Phi) is 5.01. The van der Waals surface area contributed by atoms with Crippen molar-refractivity contribution in [2.24, 2.45) is 0 Å². The Labute approximate surface area is 149 Å². The molecule has 0 bridgehead atoms. The number of aromatic nitrogens is 1. The Morgan fingerprint density at radius 2 is 2.04 bits per heavy atom. The van der Waals surface area contributed by atoms with Crippen molar-refractivity contribution < 1.29 is 14.3 Å². The topological polar surface area (TPSA) is 54.9 Å². The molecule has 0 aliphatic carbocycles. The summed E-state index contributed by atoms with van der Waals surface area (Å²) in [5.74, 6) is 0.144. The quantitative estimate of drug-likeness (QED) is 0.809. The molecule has 1 spiro atoms. The average Bonchev–Trinajstić information content (AvgIpc) is 3.14. The van der Waals surface area contributed by atoms with Gasteiger partial charge < -0.3 is 14.4 Å². The van der Waals surface area contributed by atoms with E-state index in [-0.39, 0.29) is 24.2 Å².